The third-order valence-electron chi connectivity index (χ3n) is 4.12. The summed E-state index contributed by atoms with van der Waals surface area (Å²) in [6.07, 6.45) is 4.60. The molecule has 4 nitrogen and oxygen atoms in total. The SMILES string of the molecule is COc1cccc(N2CCCCCC2CO)c1[C@H](C)N. The van der Waals surface area contributed by atoms with Crippen LogP contribution in [0.25, 0.3) is 0 Å². The van der Waals surface area contributed by atoms with Gasteiger partial charge < -0.3 is 20.5 Å². The standard InChI is InChI=1S/C16H26N2O2/c1-12(17)16-14(8-6-9-15(16)20-2)18-10-5-3-4-7-13(18)11-19/h6,8-9,12-13,19H,3-5,7,10-11,17H2,1-2H3/t12-,13?/m0/s1. The fourth-order valence-corrected chi connectivity index (χ4v) is 3.10. The maximum atomic E-state index is 9.70. The molecule has 1 aromatic carbocycles. The molecule has 1 aromatic rings. The van der Waals surface area contributed by atoms with E-state index in [1.54, 1.807) is 7.11 Å². The third kappa shape index (κ3) is 3.07. The number of rotatable bonds is 4. The van der Waals surface area contributed by atoms with Crippen molar-refractivity contribution in [3.8, 4) is 5.75 Å². The van der Waals surface area contributed by atoms with Crippen molar-refractivity contribution in [2.45, 2.75) is 44.7 Å². The van der Waals surface area contributed by atoms with Crippen LogP contribution in [0, 0.1) is 0 Å². The Morgan fingerprint density at radius 2 is 2.20 bits per heavy atom. The number of benzene rings is 1. The highest BCUT2D eigenvalue weighted by atomic mass is 16.5. The van der Waals surface area contributed by atoms with Crippen LogP contribution in [0.1, 0.15) is 44.2 Å². The summed E-state index contributed by atoms with van der Waals surface area (Å²) in [5.41, 5.74) is 8.30. The molecule has 0 radical (unpaired) electrons. The van der Waals surface area contributed by atoms with E-state index in [1.807, 2.05) is 19.1 Å². The highest BCUT2D eigenvalue weighted by Gasteiger charge is 2.25. The quantitative estimate of drug-likeness (QED) is 0.888. The Kier molecular flexibility index (Phi) is 5.26. The van der Waals surface area contributed by atoms with Crippen molar-refractivity contribution in [2.75, 3.05) is 25.2 Å². The van der Waals surface area contributed by atoms with E-state index in [4.69, 9.17) is 10.5 Å². The molecular weight excluding hydrogens is 252 g/mol. The Morgan fingerprint density at radius 3 is 2.85 bits per heavy atom. The maximum Gasteiger partial charge on any atom is 0.125 e. The summed E-state index contributed by atoms with van der Waals surface area (Å²) in [5, 5.41) is 9.70. The molecule has 0 aliphatic carbocycles. The van der Waals surface area contributed by atoms with Gasteiger partial charge in [-0.05, 0) is 31.9 Å². The molecule has 0 bridgehead atoms. The Morgan fingerprint density at radius 1 is 1.40 bits per heavy atom. The molecule has 0 amide bonds. The number of anilines is 1. The van der Waals surface area contributed by atoms with E-state index in [-0.39, 0.29) is 18.7 Å². The van der Waals surface area contributed by atoms with Crippen LogP contribution < -0.4 is 15.4 Å². The molecule has 1 heterocycles. The van der Waals surface area contributed by atoms with Crippen LogP contribution in [0.4, 0.5) is 5.69 Å². The summed E-state index contributed by atoms with van der Waals surface area (Å²) in [6, 6.07) is 6.13. The first kappa shape index (κ1) is 15.1. The number of nitrogens with two attached hydrogens (primary N) is 1. The van der Waals surface area contributed by atoms with Crippen LogP contribution in [0.3, 0.4) is 0 Å². The average molecular weight is 278 g/mol. The average Bonchev–Trinajstić information content (AvgIpc) is 2.71. The molecular formula is C16H26N2O2. The van der Waals surface area contributed by atoms with Crippen molar-refractivity contribution >= 4 is 5.69 Å². The first-order valence-electron chi connectivity index (χ1n) is 7.49. The number of ether oxygens (including phenoxy) is 1. The molecule has 4 heteroatoms. The smallest absolute Gasteiger partial charge is 0.125 e. The number of nitrogens with zero attached hydrogens (tertiary/aromatic N) is 1. The summed E-state index contributed by atoms with van der Waals surface area (Å²) in [6.45, 7) is 3.14. The summed E-state index contributed by atoms with van der Waals surface area (Å²) in [7, 11) is 1.68. The molecule has 0 aromatic heterocycles. The zero-order valence-corrected chi connectivity index (χ0v) is 12.5. The van der Waals surface area contributed by atoms with Crippen LogP contribution in [0.5, 0.6) is 5.75 Å². The van der Waals surface area contributed by atoms with E-state index in [9.17, 15) is 5.11 Å². The van der Waals surface area contributed by atoms with Gasteiger partial charge in [-0.3, -0.25) is 0 Å². The van der Waals surface area contributed by atoms with Gasteiger partial charge >= 0.3 is 0 Å². The molecule has 1 aliphatic heterocycles. The van der Waals surface area contributed by atoms with Gasteiger partial charge in [0.1, 0.15) is 5.75 Å². The van der Waals surface area contributed by atoms with E-state index in [1.165, 1.54) is 12.8 Å². The fraction of sp³-hybridized carbons (Fsp3) is 0.625. The summed E-state index contributed by atoms with van der Waals surface area (Å²) in [5.74, 6) is 0.832. The minimum atomic E-state index is -0.0938. The Bertz CT molecular complexity index is 434. The first-order valence-corrected chi connectivity index (χ1v) is 7.49. The van der Waals surface area contributed by atoms with Crippen molar-refractivity contribution in [3.05, 3.63) is 23.8 Å². The molecule has 0 saturated carbocycles. The van der Waals surface area contributed by atoms with Gasteiger partial charge in [0.2, 0.25) is 0 Å². The number of aliphatic hydroxyl groups excluding tert-OH is 1. The number of methoxy groups -OCH3 is 1. The highest BCUT2D eigenvalue weighted by Crippen LogP contribution is 2.36. The highest BCUT2D eigenvalue weighted by molar-refractivity contribution is 5.61. The summed E-state index contributed by atoms with van der Waals surface area (Å²) >= 11 is 0. The molecule has 2 rings (SSSR count). The molecule has 1 unspecified atom stereocenters. The van der Waals surface area contributed by atoms with Crippen molar-refractivity contribution in [1.29, 1.82) is 0 Å². The van der Waals surface area contributed by atoms with Crippen molar-refractivity contribution in [1.82, 2.24) is 0 Å². The minimum Gasteiger partial charge on any atom is -0.496 e. The van der Waals surface area contributed by atoms with Crippen LogP contribution >= 0.6 is 0 Å². The molecule has 1 fully saturated rings. The summed E-state index contributed by atoms with van der Waals surface area (Å²) in [4.78, 5) is 2.31. The van der Waals surface area contributed by atoms with Gasteiger partial charge in [0, 0.05) is 23.8 Å². The number of aliphatic hydroxyl groups is 1. The molecule has 1 saturated heterocycles. The zero-order chi connectivity index (χ0) is 14.5. The second kappa shape index (κ2) is 6.95. The zero-order valence-electron chi connectivity index (χ0n) is 12.5. The summed E-state index contributed by atoms with van der Waals surface area (Å²) < 4.78 is 5.47. The van der Waals surface area contributed by atoms with Crippen LogP contribution in [-0.4, -0.2) is 31.4 Å². The van der Waals surface area contributed by atoms with Gasteiger partial charge in [0.15, 0.2) is 0 Å². The second-order valence-electron chi connectivity index (χ2n) is 5.56. The Balaban J connectivity index is 2.43. The van der Waals surface area contributed by atoms with Gasteiger partial charge in [0.25, 0.3) is 0 Å². The Labute approximate surface area is 121 Å². The van der Waals surface area contributed by atoms with Gasteiger partial charge in [-0.15, -0.1) is 0 Å². The largest absolute Gasteiger partial charge is 0.496 e. The number of hydrogen-bond acceptors (Lipinski definition) is 4. The van der Waals surface area contributed by atoms with Gasteiger partial charge in [-0.25, -0.2) is 0 Å². The van der Waals surface area contributed by atoms with Crippen molar-refractivity contribution in [3.63, 3.8) is 0 Å². The fourth-order valence-electron chi connectivity index (χ4n) is 3.10. The predicted molar refractivity (Wildman–Crippen MR) is 82.3 cm³/mol. The van der Waals surface area contributed by atoms with Gasteiger partial charge in [-0.1, -0.05) is 18.9 Å². The van der Waals surface area contributed by atoms with E-state index >= 15 is 0 Å². The van der Waals surface area contributed by atoms with Crippen molar-refractivity contribution in [2.24, 2.45) is 5.73 Å². The normalized spacial score (nSPS) is 21.4. The van der Waals surface area contributed by atoms with E-state index in [0.717, 1.165) is 36.4 Å². The second-order valence-corrected chi connectivity index (χ2v) is 5.56. The monoisotopic (exact) mass is 278 g/mol. The molecule has 1 aliphatic rings. The first-order chi connectivity index (χ1) is 9.69. The lowest BCUT2D eigenvalue weighted by molar-refractivity contribution is 0.255. The predicted octanol–water partition coefficient (Wildman–Crippen LogP) is 2.46. The van der Waals surface area contributed by atoms with Crippen LogP contribution in [-0.2, 0) is 0 Å². The molecule has 112 valence electrons. The van der Waals surface area contributed by atoms with E-state index < -0.39 is 0 Å². The topological polar surface area (TPSA) is 58.7 Å². The van der Waals surface area contributed by atoms with Crippen LogP contribution in [0.15, 0.2) is 18.2 Å². The molecule has 2 atom stereocenters. The third-order valence-corrected chi connectivity index (χ3v) is 4.12. The van der Waals surface area contributed by atoms with Gasteiger partial charge in [0.05, 0.1) is 19.8 Å². The lowest BCUT2D eigenvalue weighted by Crippen LogP contribution is -2.38. The van der Waals surface area contributed by atoms with E-state index in [0.29, 0.717) is 0 Å². The molecule has 0 spiro atoms. The van der Waals surface area contributed by atoms with Gasteiger partial charge in [-0.2, -0.15) is 0 Å². The Hall–Kier alpha value is -1.26. The van der Waals surface area contributed by atoms with Crippen LogP contribution in [0.2, 0.25) is 0 Å². The molecule has 20 heavy (non-hydrogen) atoms. The van der Waals surface area contributed by atoms with E-state index in [2.05, 4.69) is 11.0 Å². The molecule has 3 N–H and O–H groups in total. The lowest BCUT2D eigenvalue weighted by Gasteiger charge is -2.33. The minimum absolute atomic E-state index is 0.0938. The lowest BCUT2D eigenvalue weighted by atomic mass is 10.0. The maximum absolute atomic E-state index is 9.70. The van der Waals surface area contributed by atoms with Crippen molar-refractivity contribution < 1.29 is 9.84 Å². The number of hydrogen-bond donors (Lipinski definition) is 2.